The van der Waals surface area contributed by atoms with Crippen LogP contribution in [0.5, 0.6) is 5.75 Å². The molecule has 3 heterocycles. The number of likely N-dealkylation sites (N-methyl/N-ethyl adjacent to an activating group) is 1. The molecule has 0 radical (unpaired) electrons. The summed E-state index contributed by atoms with van der Waals surface area (Å²) in [5.41, 5.74) is 2.89. The van der Waals surface area contributed by atoms with Gasteiger partial charge in [0, 0.05) is 42.6 Å². The van der Waals surface area contributed by atoms with Crippen molar-refractivity contribution >= 4 is 33.8 Å². The normalized spacial score (nSPS) is 17.5. The highest BCUT2D eigenvalue weighted by Crippen LogP contribution is 2.43. The van der Waals surface area contributed by atoms with Gasteiger partial charge < -0.3 is 19.7 Å². The number of benzene rings is 1. The molecule has 1 saturated heterocycles. The van der Waals surface area contributed by atoms with E-state index in [0.29, 0.717) is 11.6 Å². The molecular formula is C19H25ClN4O2S. The highest BCUT2D eigenvalue weighted by Gasteiger charge is 2.22. The molecule has 27 heavy (non-hydrogen) atoms. The molecule has 0 bridgehead atoms. The lowest BCUT2D eigenvalue weighted by Gasteiger charge is -2.29. The number of aromatic nitrogens is 1. The Morgan fingerprint density at radius 3 is 2.93 bits per heavy atom. The van der Waals surface area contributed by atoms with Crippen LogP contribution in [-0.2, 0) is 4.74 Å². The third kappa shape index (κ3) is 4.48. The minimum atomic E-state index is 0.676. The van der Waals surface area contributed by atoms with Crippen LogP contribution in [-0.4, -0.2) is 69.5 Å². The number of halogens is 1. The van der Waals surface area contributed by atoms with Crippen molar-refractivity contribution in [1.82, 2.24) is 9.88 Å². The average molecular weight is 409 g/mol. The molecule has 8 heteroatoms. The molecule has 0 atom stereocenters. The molecule has 0 amide bonds. The molecule has 1 N–H and O–H groups in total. The Bertz CT molecular complexity index is 779. The van der Waals surface area contributed by atoms with Crippen LogP contribution in [0.25, 0.3) is 11.3 Å². The van der Waals surface area contributed by atoms with Gasteiger partial charge in [-0.3, -0.25) is 4.90 Å². The summed E-state index contributed by atoms with van der Waals surface area (Å²) in [5, 5.41) is 7.14. The van der Waals surface area contributed by atoms with E-state index < -0.39 is 0 Å². The third-order valence-electron chi connectivity index (χ3n) is 4.93. The highest BCUT2D eigenvalue weighted by atomic mass is 35.5. The number of hydrogen-bond donors (Lipinski definition) is 1. The minimum absolute atomic E-state index is 0.676. The fraction of sp³-hybridized carbons (Fsp3) is 0.526. The first-order chi connectivity index (χ1) is 13.2. The standard InChI is InChI=1S/C19H25ClN4O2S/c1-23-5-10-26-18-15(11-14(20)12-17(18)23)16-13-27-19(22-16)21-3-2-4-24-6-8-25-9-7-24/h11-13H,2-10H2,1H3,(H,21,22). The average Bonchev–Trinajstić information content (AvgIpc) is 3.15. The first kappa shape index (κ1) is 18.8. The van der Waals surface area contributed by atoms with Crippen LogP contribution >= 0.6 is 22.9 Å². The van der Waals surface area contributed by atoms with Crippen LogP contribution in [0.4, 0.5) is 10.8 Å². The Morgan fingerprint density at radius 1 is 1.22 bits per heavy atom. The van der Waals surface area contributed by atoms with Crippen LogP contribution in [0.3, 0.4) is 0 Å². The van der Waals surface area contributed by atoms with Crippen molar-refractivity contribution in [2.24, 2.45) is 0 Å². The predicted octanol–water partition coefficient (Wildman–Crippen LogP) is 3.43. The molecular weight excluding hydrogens is 384 g/mol. The lowest BCUT2D eigenvalue weighted by Crippen LogP contribution is -2.37. The summed E-state index contributed by atoms with van der Waals surface area (Å²) in [4.78, 5) is 9.38. The topological polar surface area (TPSA) is 49.9 Å². The van der Waals surface area contributed by atoms with Gasteiger partial charge in [-0.05, 0) is 25.1 Å². The molecule has 0 spiro atoms. The number of anilines is 2. The molecule has 4 rings (SSSR count). The van der Waals surface area contributed by atoms with Gasteiger partial charge in [0.25, 0.3) is 0 Å². The van der Waals surface area contributed by atoms with Crippen molar-refractivity contribution in [3.05, 3.63) is 22.5 Å². The van der Waals surface area contributed by atoms with E-state index in [0.717, 1.165) is 80.2 Å². The first-order valence-electron chi connectivity index (χ1n) is 9.38. The van der Waals surface area contributed by atoms with Crippen LogP contribution in [0.15, 0.2) is 17.5 Å². The van der Waals surface area contributed by atoms with Crippen LogP contribution in [0.2, 0.25) is 5.02 Å². The fourth-order valence-corrected chi connectivity index (χ4v) is 4.36. The zero-order valence-corrected chi connectivity index (χ0v) is 17.1. The van der Waals surface area contributed by atoms with Gasteiger partial charge in [-0.1, -0.05) is 11.6 Å². The van der Waals surface area contributed by atoms with Gasteiger partial charge in [0.2, 0.25) is 0 Å². The second-order valence-corrected chi connectivity index (χ2v) is 8.14. The van der Waals surface area contributed by atoms with E-state index in [2.05, 4.69) is 27.5 Å². The second kappa shape index (κ2) is 8.65. The van der Waals surface area contributed by atoms with Crippen molar-refractivity contribution in [2.45, 2.75) is 6.42 Å². The summed E-state index contributed by atoms with van der Waals surface area (Å²) in [7, 11) is 2.06. The molecule has 2 aromatic rings. The SMILES string of the molecule is CN1CCOc2c(-c3csc(NCCCN4CCOCC4)n3)cc(Cl)cc21. The minimum Gasteiger partial charge on any atom is -0.489 e. The van der Waals surface area contributed by atoms with Crippen LogP contribution < -0.4 is 15.0 Å². The Balaban J connectivity index is 1.39. The van der Waals surface area contributed by atoms with Crippen molar-refractivity contribution < 1.29 is 9.47 Å². The van der Waals surface area contributed by atoms with Gasteiger partial charge in [-0.25, -0.2) is 4.98 Å². The lowest BCUT2D eigenvalue weighted by molar-refractivity contribution is 0.0378. The fourth-order valence-electron chi connectivity index (χ4n) is 3.41. The Morgan fingerprint density at radius 2 is 2.07 bits per heavy atom. The van der Waals surface area contributed by atoms with Gasteiger partial charge in [0.05, 0.1) is 31.1 Å². The summed E-state index contributed by atoms with van der Waals surface area (Å²) < 4.78 is 11.3. The van der Waals surface area contributed by atoms with Gasteiger partial charge >= 0.3 is 0 Å². The maximum absolute atomic E-state index is 6.34. The first-order valence-corrected chi connectivity index (χ1v) is 10.6. The van der Waals surface area contributed by atoms with Crippen molar-refractivity contribution in [2.75, 3.05) is 69.8 Å². The highest BCUT2D eigenvalue weighted by molar-refractivity contribution is 7.14. The third-order valence-corrected chi connectivity index (χ3v) is 5.95. The van der Waals surface area contributed by atoms with Gasteiger partial charge in [-0.15, -0.1) is 11.3 Å². The van der Waals surface area contributed by atoms with Crippen molar-refractivity contribution in [3.8, 4) is 17.0 Å². The molecule has 1 aromatic carbocycles. The quantitative estimate of drug-likeness (QED) is 0.739. The zero-order chi connectivity index (χ0) is 18.6. The van der Waals surface area contributed by atoms with Crippen molar-refractivity contribution in [1.29, 1.82) is 0 Å². The van der Waals surface area contributed by atoms with Crippen LogP contribution in [0, 0.1) is 0 Å². The Hall–Kier alpha value is -1.54. The molecule has 6 nitrogen and oxygen atoms in total. The number of thiazole rings is 1. The molecule has 0 saturated carbocycles. The van der Waals surface area contributed by atoms with Gasteiger partial charge in [0.15, 0.2) is 10.9 Å². The summed E-state index contributed by atoms with van der Waals surface area (Å²) in [5.74, 6) is 0.873. The second-order valence-electron chi connectivity index (χ2n) is 6.84. The molecule has 1 fully saturated rings. The number of ether oxygens (including phenoxy) is 2. The Labute approximate surface area is 169 Å². The molecule has 1 aromatic heterocycles. The zero-order valence-electron chi connectivity index (χ0n) is 15.5. The molecule has 2 aliphatic rings. The molecule has 2 aliphatic heterocycles. The molecule has 0 aliphatic carbocycles. The maximum Gasteiger partial charge on any atom is 0.183 e. The van der Waals surface area contributed by atoms with Gasteiger partial charge in [0.1, 0.15) is 6.61 Å². The Kier molecular flexibility index (Phi) is 6.02. The van der Waals surface area contributed by atoms with E-state index >= 15 is 0 Å². The van der Waals surface area contributed by atoms with Crippen molar-refractivity contribution in [3.63, 3.8) is 0 Å². The number of fused-ring (bicyclic) bond motifs is 1. The molecule has 146 valence electrons. The summed E-state index contributed by atoms with van der Waals surface area (Å²) in [6.45, 7) is 7.32. The maximum atomic E-state index is 6.34. The lowest BCUT2D eigenvalue weighted by atomic mass is 10.1. The summed E-state index contributed by atoms with van der Waals surface area (Å²) in [6, 6.07) is 3.90. The van der Waals surface area contributed by atoms with Crippen LogP contribution in [0.1, 0.15) is 6.42 Å². The van der Waals surface area contributed by atoms with E-state index in [1.165, 1.54) is 0 Å². The smallest absolute Gasteiger partial charge is 0.183 e. The molecule has 0 unspecified atom stereocenters. The monoisotopic (exact) mass is 408 g/mol. The number of hydrogen-bond acceptors (Lipinski definition) is 7. The largest absolute Gasteiger partial charge is 0.489 e. The number of nitrogens with zero attached hydrogens (tertiary/aromatic N) is 3. The number of rotatable bonds is 6. The predicted molar refractivity (Wildman–Crippen MR) is 112 cm³/mol. The van der Waals surface area contributed by atoms with E-state index in [9.17, 15) is 0 Å². The van der Waals surface area contributed by atoms with E-state index in [1.54, 1.807) is 11.3 Å². The van der Waals surface area contributed by atoms with E-state index in [4.69, 9.17) is 26.1 Å². The van der Waals surface area contributed by atoms with E-state index in [-0.39, 0.29) is 0 Å². The van der Waals surface area contributed by atoms with Gasteiger partial charge in [-0.2, -0.15) is 0 Å². The summed E-state index contributed by atoms with van der Waals surface area (Å²) >= 11 is 7.96. The summed E-state index contributed by atoms with van der Waals surface area (Å²) in [6.07, 6.45) is 1.09. The number of morpholine rings is 1. The van der Waals surface area contributed by atoms with E-state index in [1.807, 2.05) is 12.1 Å². The number of nitrogens with one attached hydrogen (secondary N) is 1.